The van der Waals surface area contributed by atoms with E-state index in [-0.39, 0.29) is 16.1 Å². The Labute approximate surface area is 132 Å². The largest absolute Gasteiger partial charge is 0.480 e. The number of hydrogen-bond acceptors (Lipinski definition) is 4. The molecule has 2 fully saturated rings. The highest BCUT2D eigenvalue weighted by molar-refractivity contribution is 5.82. The Balaban J connectivity index is 2.18. The Morgan fingerprint density at radius 3 is 2.41 bits per heavy atom. The first-order valence-electron chi connectivity index (χ1n) is 7.86. The fourth-order valence-electron chi connectivity index (χ4n) is 3.39. The number of likely N-dealkylation sites (N-methyl/N-ethyl adjacent to an activating group) is 1. The van der Waals surface area contributed by atoms with Gasteiger partial charge < -0.3 is 9.84 Å². The van der Waals surface area contributed by atoms with Crippen molar-refractivity contribution in [1.82, 2.24) is 9.80 Å². The lowest BCUT2D eigenvalue weighted by molar-refractivity contribution is -0.889. The Morgan fingerprint density at radius 1 is 1.36 bits per heavy atom. The van der Waals surface area contributed by atoms with E-state index in [9.17, 15) is 14.7 Å². The molecule has 2 aliphatic heterocycles. The van der Waals surface area contributed by atoms with Gasteiger partial charge in [0, 0.05) is 26.7 Å². The third-order valence-corrected chi connectivity index (χ3v) is 5.09. The summed E-state index contributed by atoms with van der Waals surface area (Å²) in [6.07, 6.45) is 0. The van der Waals surface area contributed by atoms with Crippen LogP contribution in [0, 0.1) is 0 Å². The number of urea groups is 1. The molecule has 0 aliphatic carbocycles. The standard InChI is InChI=1S/C15H27N3O4/c1-15(2,3)18(8-5-17-6-9-22-10-7-17)11-12(13(19)20)16(4)14(18)21/h12H,5-11H2,1-4H3/p+1. The SMILES string of the molecule is CN1C(=O)[N+](CCN2CCOCC2)(C(C)(C)C)CC1C(=O)O. The summed E-state index contributed by atoms with van der Waals surface area (Å²) in [5.74, 6) is -0.925. The van der Waals surface area contributed by atoms with Crippen molar-refractivity contribution >= 4 is 12.0 Å². The zero-order valence-electron chi connectivity index (χ0n) is 14.0. The fraction of sp³-hybridized carbons (Fsp3) is 0.867. The van der Waals surface area contributed by atoms with Gasteiger partial charge in [-0.1, -0.05) is 0 Å². The molecule has 1 N–H and O–H groups in total. The predicted octanol–water partition coefficient (Wildman–Crippen LogP) is 0.453. The number of carbonyl (C=O) groups excluding carboxylic acids is 1. The van der Waals surface area contributed by atoms with E-state index in [0.29, 0.717) is 13.1 Å². The van der Waals surface area contributed by atoms with Crippen molar-refractivity contribution in [2.24, 2.45) is 0 Å². The average molecular weight is 314 g/mol. The lowest BCUT2D eigenvalue weighted by Crippen LogP contribution is -2.64. The first-order valence-corrected chi connectivity index (χ1v) is 7.86. The van der Waals surface area contributed by atoms with Crippen LogP contribution >= 0.6 is 0 Å². The number of morpholine rings is 1. The monoisotopic (exact) mass is 314 g/mol. The average Bonchev–Trinajstić information content (AvgIpc) is 2.71. The van der Waals surface area contributed by atoms with E-state index in [4.69, 9.17) is 4.74 Å². The van der Waals surface area contributed by atoms with E-state index < -0.39 is 12.0 Å². The second kappa shape index (κ2) is 6.14. The van der Waals surface area contributed by atoms with Crippen molar-refractivity contribution < 1.29 is 23.9 Å². The fourth-order valence-corrected chi connectivity index (χ4v) is 3.39. The van der Waals surface area contributed by atoms with Crippen molar-refractivity contribution in [2.75, 3.05) is 53.0 Å². The number of aliphatic carboxylic acids is 1. The van der Waals surface area contributed by atoms with Crippen molar-refractivity contribution in [3.8, 4) is 0 Å². The molecular weight excluding hydrogens is 286 g/mol. The maximum Gasteiger partial charge on any atom is 0.420 e. The molecule has 0 spiro atoms. The molecule has 0 aromatic carbocycles. The zero-order valence-corrected chi connectivity index (χ0v) is 14.0. The summed E-state index contributed by atoms with van der Waals surface area (Å²) in [4.78, 5) is 28.0. The molecule has 7 heteroatoms. The molecule has 0 saturated carbocycles. The van der Waals surface area contributed by atoms with Crippen LogP contribution in [0.2, 0.25) is 0 Å². The Hall–Kier alpha value is -1.18. The molecule has 22 heavy (non-hydrogen) atoms. The maximum absolute atomic E-state index is 12.9. The Morgan fingerprint density at radius 2 is 1.95 bits per heavy atom. The van der Waals surface area contributed by atoms with Gasteiger partial charge in [-0.25, -0.2) is 14.1 Å². The van der Waals surface area contributed by atoms with Crippen molar-refractivity contribution in [3.63, 3.8) is 0 Å². The molecule has 2 saturated heterocycles. The molecule has 7 nitrogen and oxygen atoms in total. The van der Waals surface area contributed by atoms with Gasteiger partial charge in [0.25, 0.3) is 0 Å². The van der Waals surface area contributed by atoms with Crippen LogP contribution in [0.4, 0.5) is 4.79 Å². The van der Waals surface area contributed by atoms with E-state index in [1.807, 2.05) is 20.8 Å². The number of hydrogen-bond donors (Lipinski definition) is 1. The van der Waals surface area contributed by atoms with Crippen molar-refractivity contribution in [3.05, 3.63) is 0 Å². The molecule has 0 aromatic rings. The number of rotatable bonds is 4. The van der Waals surface area contributed by atoms with Gasteiger partial charge in [-0.3, -0.25) is 9.80 Å². The molecule has 2 heterocycles. The molecule has 2 amide bonds. The number of nitrogens with zero attached hydrogens (tertiary/aromatic N) is 3. The highest BCUT2D eigenvalue weighted by atomic mass is 16.5. The van der Waals surface area contributed by atoms with E-state index in [0.717, 1.165) is 32.8 Å². The number of amides is 2. The molecule has 0 aromatic heterocycles. The van der Waals surface area contributed by atoms with Gasteiger partial charge in [0.2, 0.25) is 0 Å². The highest BCUT2D eigenvalue weighted by Crippen LogP contribution is 2.33. The summed E-state index contributed by atoms with van der Waals surface area (Å²) in [6.45, 7) is 11.0. The summed E-state index contributed by atoms with van der Waals surface area (Å²) >= 11 is 0. The van der Waals surface area contributed by atoms with Gasteiger partial charge in [0.05, 0.1) is 18.8 Å². The van der Waals surface area contributed by atoms with Crippen molar-refractivity contribution in [2.45, 2.75) is 32.4 Å². The first kappa shape index (κ1) is 17.2. The van der Waals surface area contributed by atoms with Crippen LogP contribution in [-0.2, 0) is 9.53 Å². The summed E-state index contributed by atoms with van der Waals surface area (Å²) < 4.78 is 5.54. The minimum absolute atomic E-state index is 0.0897. The summed E-state index contributed by atoms with van der Waals surface area (Å²) in [7, 11) is 1.60. The third-order valence-electron chi connectivity index (χ3n) is 5.09. The van der Waals surface area contributed by atoms with Crippen LogP contribution in [0.1, 0.15) is 20.8 Å². The number of quaternary nitrogens is 1. The van der Waals surface area contributed by atoms with Crippen LogP contribution in [0.3, 0.4) is 0 Å². The topological polar surface area (TPSA) is 70.1 Å². The quantitative estimate of drug-likeness (QED) is 0.763. The van der Waals surface area contributed by atoms with Gasteiger partial charge in [0.15, 0.2) is 6.04 Å². The Bertz CT molecular complexity index is 443. The Kier molecular flexibility index (Phi) is 4.79. The number of carbonyl (C=O) groups is 2. The number of ether oxygens (including phenoxy) is 1. The van der Waals surface area contributed by atoms with E-state index >= 15 is 0 Å². The van der Waals surface area contributed by atoms with Crippen molar-refractivity contribution in [1.29, 1.82) is 0 Å². The smallest absolute Gasteiger partial charge is 0.420 e. The molecular formula is C15H28N3O4+. The first-order chi connectivity index (χ1) is 10.2. The minimum atomic E-state index is -0.925. The molecule has 2 atom stereocenters. The molecule has 2 aliphatic rings. The van der Waals surface area contributed by atoms with E-state index in [2.05, 4.69) is 4.90 Å². The maximum atomic E-state index is 12.9. The minimum Gasteiger partial charge on any atom is -0.480 e. The van der Waals surface area contributed by atoms with Gasteiger partial charge in [0.1, 0.15) is 13.1 Å². The molecule has 0 bridgehead atoms. The number of carboxylic acid groups (broad SMARTS) is 1. The summed E-state index contributed by atoms with van der Waals surface area (Å²) in [5, 5.41) is 9.39. The third kappa shape index (κ3) is 2.98. The predicted molar refractivity (Wildman–Crippen MR) is 81.6 cm³/mol. The second-order valence-corrected chi connectivity index (χ2v) is 7.25. The van der Waals surface area contributed by atoms with E-state index in [1.165, 1.54) is 4.90 Å². The van der Waals surface area contributed by atoms with E-state index in [1.54, 1.807) is 7.05 Å². The van der Waals surface area contributed by atoms with Crippen LogP contribution in [0.5, 0.6) is 0 Å². The van der Waals surface area contributed by atoms with Gasteiger partial charge in [-0.2, -0.15) is 0 Å². The van der Waals surface area contributed by atoms with Crippen LogP contribution in [-0.4, -0.2) is 96.0 Å². The van der Waals surface area contributed by atoms with Crippen LogP contribution < -0.4 is 0 Å². The van der Waals surface area contributed by atoms with Gasteiger partial charge >= 0.3 is 12.0 Å². The summed E-state index contributed by atoms with van der Waals surface area (Å²) in [5.41, 5.74) is -0.332. The molecule has 0 radical (unpaired) electrons. The lowest BCUT2D eigenvalue weighted by Gasteiger charge is -2.43. The normalized spacial score (nSPS) is 30.8. The summed E-state index contributed by atoms with van der Waals surface area (Å²) in [6, 6.07) is -0.829. The molecule has 2 rings (SSSR count). The lowest BCUT2D eigenvalue weighted by atomic mass is 10.0. The molecule has 2 unspecified atom stereocenters. The van der Waals surface area contributed by atoms with Gasteiger partial charge in [-0.05, 0) is 20.8 Å². The number of carboxylic acids is 1. The highest BCUT2D eigenvalue weighted by Gasteiger charge is 2.58. The molecule has 126 valence electrons. The second-order valence-electron chi connectivity index (χ2n) is 7.25. The van der Waals surface area contributed by atoms with Crippen LogP contribution in [0.25, 0.3) is 0 Å². The van der Waals surface area contributed by atoms with Crippen LogP contribution in [0.15, 0.2) is 0 Å². The zero-order chi connectivity index (χ0) is 16.5. The van der Waals surface area contributed by atoms with Gasteiger partial charge in [-0.15, -0.1) is 0 Å².